The standard InChI is InChI=1S/C12H21ClN4O/c1-4-5-14-12-15-6-9(13)11(17-12)16-10(7-18)8(2)3/h6,8,10,18H,4-5,7H2,1-3H3,(H2,14,15,16,17). The fraction of sp³-hybridized carbons (Fsp3) is 0.667. The lowest BCUT2D eigenvalue weighted by atomic mass is 10.1. The van der Waals surface area contributed by atoms with E-state index in [9.17, 15) is 5.11 Å². The molecule has 0 saturated carbocycles. The van der Waals surface area contributed by atoms with Crippen LogP contribution >= 0.6 is 11.6 Å². The van der Waals surface area contributed by atoms with Crippen LogP contribution in [0.5, 0.6) is 0 Å². The highest BCUT2D eigenvalue weighted by molar-refractivity contribution is 6.32. The van der Waals surface area contributed by atoms with Gasteiger partial charge in [0.2, 0.25) is 5.95 Å². The second-order valence-electron chi connectivity index (χ2n) is 4.49. The summed E-state index contributed by atoms with van der Waals surface area (Å²) in [5, 5.41) is 16.0. The zero-order chi connectivity index (χ0) is 13.5. The molecule has 6 heteroatoms. The van der Waals surface area contributed by atoms with E-state index < -0.39 is 0 Å². The Morgan fingerprint density at radius 3 is 2.72 bits per heavy atom. The van der Waals surface area contributed by atoms with Crippen molar-refractivity contribution >= 4 is 23.4 Å². The van der Waals surface area contributed by atoms with E-state index in [1.54, 1.807) is 6.20 Å². The van der Waals surface area contributed by atoms with Crippen LogP contribution in [0.1, 0.15) is 27.2 Å². The van der Waals surface area contributed by atoms with Crippen molar-refractivity contribution in [2.45, 2.75) is 33.2 Å². The molecule has 0 aliphatic carbocycles. The maximum Gasteiger partial charge on any atom is 0.224 e. The topological polar surface area (TPSA) is 70.1 Å². The van der Waals surface area contributed by atoms with E-state index in [1.807, 2.05) is 13.8 Å². The van der Waals surface area contributed by atoms with Gasteiger partial charge >= 0.3 is 0 Å². The summed E-state index contributed by atoms with van der Waals surface area (Å²) in [7, 11) is 0. The smallest absolute Gasteiger partial charge is 0.224 e. The van der Waals surface area contributed by atoms with Crippen LogP contribution < -0.4 is 10.6 Å². The molecule has 0 radical (unpaired) electrons. The molecule has 1 rings (SSSR count). The summed E-state index contributed by atoms with van der Waals surface area (Å²) in [6.07, 6.45) is 2.56. The number of aliphatic hydroxyl groups excluding tert-OH is 1. The van der Waals surface area contributed by atoms with Crippen LogP contribution in [-0.2, 0) is 0 Å². The van der Waals surface area contributed by atoms with Crippen molar-refractivity contribution in [1.82, 2.24) is 9.97 Å². The lowest BCUT2D eigenvalue weighted by molar-refractivity contribution is 0.249. The van der Waals surface area contributed by atoms with Gasteiger partial charge in [-0.05, 0) is 12.3 Å². The first-order valence-electron chi connectivity index (χ1n) is 6.22. The SMILES string of the molecule is CCCNc1ncc(Cl)c(NC(CO)C(C)C)n1. The van der Waals surface area contributed by atoms with Gasteiger partial charge in [0.05, 0.1) is 18.8 Å². The van der Waals surface area contributed by atoms with Gasteiger partial charge < -0.3 is 15.7 Å². The monoisotopic (exact) mass is 272 g/mol. The summed E-state index contributed by atoms with van der Waals surface area (Å²) in [4.78, 5) is 8.40. The number of halogens is 1. The van der Waals surface area contributed by atoms with E-state index in [1.165, 1.54) is 0 Å². The molecule has 1 aromatic heterocycles. The Labute approximate surface area is 113 Å². The molecule has 1 atom stereocenters. The van der Waals surface area contributed by atoms with Crippen LogP contribution in [0.4, 0.5) is 11.8 Å². The summed E-state index contributed by atoms with van der Waals surface area (Å²) in [6, 6.07) is -0.0728. The molecule has 0 fully saturated rings. The van der Waals surface area contributed by atoms with Gasteiger partial charge in [-0.25, -0.2) is 4.98 Å². The highest BCUT2D eigenvalue weighted by Gasteiger charge is 2.15. The summed E-state index contributed by atoms with van der Waals surface area (Å²) < 4.78 is 0. The van der Waals surface area contributed by atoms with Crippen molar-refractivity contribution in [2.75, 3.05) is 23.8 Å². The summed E-state index contributed by atoms with van der Waals surface area (Å²) in [6.45, 7) is 6.98. The molecule has 0 aliphatic heterocycles. The number of nitrogens with zero attached hydrogens (tertiary/aromatic N) is 2. The number of hydrogen-bond acceptors (Lipinski definition) is 5. The third-order valence-corrected chi connectivity index (χ3v) is 2.88. The molecular formula is C12H21ClN4O. The Morgan fingerprint density at radius 1 is 1.44 bits per heavy atom. The van der Waals surface area contributed by atoms with E-state index >= 15 is 0 Å². The number of rotatable bonds is 7. The third-order valence-electron chi connectivity index (χ3n) is 2.60. The molecule has 3 N–H and O–H groups in total. The number of aliphatic hydroxyl groups is 1. The summed E-state index contributed by atoms with van der Waals surface area (Å²) in [5.74, 6) is 1.38. The summed E-state index contributed by atoms with van der Waals surface area (Å²) >= 11 is 6.04. The molecule has 102 valence electrons. The zero-order valence-corrected chi connectivity index (χ0v) is 11.8. The Bertz CT molecular complexity index is 373. The molecule has 5 nitrogen and oxygen atoms in total. The van der Waals surface area contributed by atoms with Gasteiger partial charge in [-0.2, -0.15) is 4.98 Å². The molecule has 0 saturated heterocycles. The van der Waals surface area contributed by atoms with Crippen LogP contribution in [0.15, 0.2) is 6.20 Å². The fourth-order valence-corrected chi connectivity index (χ4v) is 1.53. The maximum absolute atomic E-state index is 9.29. The van der Waals surface area contributed by atoms with Gasteiger partial charge in [0, 0.05) is 6.54 Å². The lowest BCUT2D eigenvalue weighted by Crippen LogP contribution is -2.30. The predicted molar refractivity (Wildman–Crippen MR) is 75.2 cm³/mol. The van der Waals surface area contributed by atoms with Crippen molar-refractivity contribution in [3.63, 3.8) is 0 Å². The molecule has 1 unspecified atom stereocenters. The van der Waals surface area contributed by atoms with Crippen LogP contribution in [-0.4, -0.2) is 34.3 Å². The normalized spacial score (nSPS) is 12.6. The zero-order valence-electron chi connectivity index (χ0n) is 11.1. The highest BCUT2D eigenvalue weighted by Crippen LogP contribution is 2.21. The maximum atomic E-state index is 9.29. The van der Waals surface area contributed by atoms with Gasteiger partial charge in [0.1, 0.15) is 5.02 Å². The minimum atomic E-state index is -0.0728. The second kappa shape index (κ2) is 7.38. The fourth-order valence-electron chi connectivity index (χ4n) is 1.39. The molecular weight excluding hydrogens is 252 g/mol. The van der Waals surface area contributed by atoms with Gasteiger partial charge in [-0.3, -0.25) is 0 Å². The Kier molecular flexibility index (Phi) is 6.15. The summed E-state index contributed by atoms with van der Waals surface area (Å²) in [5.41, 5.74) is 0. The van der Waals surface area contributed by atoms with Crippen LogP contribution in [0.25, 0.3) is 0 Å². The highest BCUT2D eigenvalue weighted by atomic mass is 35.5. The number of anilines is 2. The van der Waals surface area contributed by atoms with Crippen molar-refractivity contribution in [3.8, 4) is 0 Å². The number of aromatic nitrogens is 2. The molecule has 18 heavy (non-hydrogen) atoms. The van der Waals surface area contributed by atoms with E-state index in [2.05, 4.69) is 27.5 Å². The van der Waals surface area contributed by atoms with Crippen molar-refractivity contribution in [3.05, 3.63) is 11.2 Å². The minimum Gasteiger partial charge on any atom is -0.394 e. The number of hydrogen-bond donors (Lipinski definition) is 3. The number of nitrogens with one attached hydrogen (secondary N) is 2. The van der Waals surface area contributed by atoms with E-state index in [4.69, 9.17) is 11.6 Å². The Morgan fingerprint density at radius 2 is 2.17 bits per heavy atom. The minimum absolute atomic E-state index is 0.0374. The first kappa shape index (κ1) is 15.0. The Hall–Kier alpha value is -1.07. The first-order valence-corrected chi connectivity index (χ1v) is 6.60. The molecule has 0 bridgehead atoms. The molecule has 1 aromatic rings. The Balaban J connectivity index is 2.79. The second-order valence-corrected chi connectivity index (χ2v) is 4.90. The van der Waals surface area contributed by atoms with Crippen molar-refractivity contribution in [2.24, 2.45) is 5.92 Å². The average Bonchev–Trinajstić information content (AvgIpc) is 2.35. The van der Waals surface area contributed by atoms with Gasteiger partial charge in [-0.15, -0.1) is 0 Å². The van der Waals surface area contributed by atoms with Crippen molar-refractivity contribution in [1.29, 1.82) is 0 Å². The van der Waals surface area contributed by atoms with Gasteiger partial charge in [0.25, 0.3) is 0 Å². The van der Waals surface area contributed by atoms with E-state index in [0.29, 0.717) is 16.8 Å². The van der Waals surface area contributed by atoms with Crippen LogP contribution in [0.2, 0.25) is 5.02 Å². The molecule has 0 aliphatic rings. The van der Waals surface area contributed by atoms with Gasteiger partial charge in [0.15, 0.2) is 5.82 Å². The first-order chi connectivity index (χ1) is 8.58. The van der Waals surface area contributed by atoms with Gasteiger partial charge in [-0.1, -0.05) is 32.4 Å². The molecule has 0 amide bonds. The molecule has 1 heterocycles. The molecule has 0 spiro atoms. The third kappa shape index (κ3) is 4.31. The van der Waals surface area contributed by atoms with E-state index in [-0.39, 0.29) is 18.6 Å². The van der Waals surface area contributed by atoms with Crippen LogP contribution in [0.3, 0.4) is 0 Å². The van der Waals surface area contributed by atoms with E-state index in [0.717, 1.165) is 13.0 Å². The lowest BCUT2D eigenvalue weighted by Gasteiger charge is -2.21. The predicted octanol–water partition coefficient (Wildman–Crippen LogP) is 2.38. The quantitative estimate of drug-likeness (QED) is 0.711. The van der Waals surface area contributed by atoms with Crippen LogP contribution in [0, 0.1) is 5.92 Å². The average molecular weight is 273 g/mol. The molecule has 0 aromatic carbocycles. The largest absolute Gasteiger partial charge is 0.394 e. The van der Waals surface area contributed by atoms with Crippen molar-refractivity contribution < 1.29 is 5.11 Å².